The molecule has 1 unspecified atom stereocenters. The number of carbonyl (C=O) groups excluding carboxylic acids is 1. The number of aryl methyl sites for hydroxylation is 1. The second-order valence-electron chi connectivity index (χ2n) is 7.67. The number of anilines is 2. The van der Waals surface area contributed by atoms with Crippen molar-refractivity contribution in [2.24, 2.45) is 0 Å². The highest BCUT2D eigenvalue weighted by Gasteiger charge is 2.27. The standard InChI is InChI=1S/C21H27N5O/c1-14(27)26-12-11-17-19(13-26)23-21(25(2)3)24-20(17)22-18-10-6-8-15-7-4-5-9-16(15)18/h4-5,7,9,18H,6,8,10-13H2,1-3H3,(H,22,23,24). The molecule has 1 N–H and O–H groups in total. The van der Waals surface area contributed by atoms with E-state index >= 15 is 0 Å². The molecule has 1 atom stereocenters. The van der Waals surface area contributed by atoms with Gasteiger partial charge in [0.25, 0.3) is 0 Å². The second kappa shape index (κ2) is 7.18. The molecule has 0 fully saturated rings. The summed E-state index contributed by atoms with van der Waals surface area (Å²) in [5, 5.41) is 3.72. The van der Waals surface area contributed by atoms with Crippen LogP contribution in [-0.4, -0.2) is 41.4 Å². The van der Waals surface area contributed by atoms with E-state index < -0.39 is 0 Å². The molecular weight excluding hydrogens is 338 g/mol. The van der Waals surface area contributed by atoms with Crippen molar-refractivity contribution in [3.63, 3.8) is 0 Å². The van der Waals surface area contributed by atoms with Gasteiger partial charge in [-0.15, -0.1) is 0 Å². The predicted octanol–water partition coefficient (Wildman–Crippen LogP) is 2.94. The van der Waals surface area contributed by atoms with E-state index in [-0.39, 0.29) is 11.9 Å². The van der Waals surface area contributed by atoms with Gasteiger partial charge >= 0.3 is 0 Å². The first kappa shape index (κ1) is 17.8. The molecule has 0 saturated heterocycles. The molecule has 1 aliphatic heterocycles. The second-order valence-corrected chi connectivity index (χ2v) is 7.67. The summed E-state index contributed by atoms with van der Waals surface area (Å²) in [7, 11) is 3.90. The van der Waals surface area contributed by atoms with Crippen molar-refractivity contribution < 1.29 is 4.79 Å². The Morgan fingerprint density at radius 1 is 1.22 bits per heavy atom. The Morgan fingerprint density at radius 2 is 2.04 bits per heavy atom. The molecule has 0 bridgehead atoms. The monoisotopic (exact) mass is 365 g/mol. The minimum absolute atomic E-state index is 0.0985. The number of rotatable bonds is 3. The number of hydrogen-bond acceptors (Lipinski definition) is 5. The third-order valence-corrected chi connectivity index (χ3v) is 5.58. The smallest absolute Gasteiger partial charge is 0.227 e. The molecule has 1 aliphatic carbocycles. The fourth-order valence-corrected chi connectivity index (χ4v) is 4.07. The molecule has 2 heterocycles. The van der Waals surface area contributed by atoms with Crippen LogP contribution >= 0.6 is 0 Å². The molecule has 1 aromatic carbocycles. The van der Waals surface area contributed by atoms with Crippen LogP contribution in [0, 0.1) is 0 Å². The van der Waals surface area contributed by atoms with Gasteiger partial charge in [-0.25, -0.2) is 4.98 Å². The number of hydrogen-bond donors (Lipinski definition) is 1. The lowest BCUT2D eigenvalue weighted by Gasteiger charge is -2.32. The lowest BCUT2D eigenvalue weighted by atomic mass is 9.87. The lowest BCUT2D eigenvalue weighted by Crippen LogP contribution is -2.36. The van der Waals surface area contributed by atoms with Crippen LogP contribution in [0.1, 0.15) is 48.2 Å². The van der Waals surface area contributed by atoms with Gasteiger partial charge < -0.3 is 15.1 Å². The maximum Gasteiger partial charge on any atom is 0.227 e. The van der Waals surface area contributed by atoms with E-state index in [9.17, 15) is 4.79 Å². The molecule has 27 heavy (non-hydrogen) atoms. The molecule has 2 aliphatic rings. The van der Waals surface area contributed by atoms with E-state index in [0.29, 0.717) is 12.5 Å². The van der Waals surface area contributed by atoms with Crippen LogP contribution in [0.4, 0.5) is 11.8 Å². The Labute approximate surface area is 160 Å². The fraction of sp³-hybridized carbons (Fsp3) is 0.476. The highest BCUT2D eigenvalue weighted by Crippen LogP contribution is 2.34. The van der Waals surface area contributed by atoms with Crippen molar-refractivity contribution in [2.75, 3.05) is 30.9 Å². The summed E-state index contributed by atoms with van der Waals surface area (Å²) in [6.07, 6.45) is 4.22. The lowest BCUT2D eigenvalue weighted by molar-refractivity contribution is -0.129. The normalized spacial score (nSPS) is 18.5. The van der Waals surface area contributed by atoms with Gasteiger partial charge in [0.2, 0.25) is 11.9 Å². The Kier molecular flexibility index (Phi) is 4.72. The molecule has 142 valence electrons. The van der Waals surface area contributed by atoms with Crippen LogP contribution < -0.4 is 10.2 Å². The van der Waals surface area contributed by atoms with Crippen molar-refractivity contribution in [1.29, 1.82) is 0 Å². The number of carbonyl (C=O) groups is 1. The summed E-state index contributed by atoms with van der Waals surface area (Å²) >= 11 is 0. The van der Waals surface area contributed by atoms with Crippen LogP contribution in [0.3, 0.4) is 0 Å². The van der Waals surface area contributed by atoms with Crippen LogP contribution in [0.2, 0.25) is 0 Å². The SMILES string of the molecule is CC(=O)N1CCc2c(nc(N(C)C)nc2NC2CCCc3ccccc32)C1. The van der Waals surface area contributed by atoms with Crippen molar-refractivity contribution in [3.8, 4) is 0 Å². The molecule has 1 amide bonds. The molecule has 6 nitrogen and oxygen atoms in total. The number of fused-ring (bicyclic) bond motifs is 2. The van der Waals surface area contributed by atoms with Gasteiger partial charge in [-0.1, -0.05) is 24.3 Å². The van der Waals surface area contributed by atoms with Gasteiger partial charge in [0.1, 0.15) is 5.82 Å². The van der Waals surface area contributed by atoms with E-state index in [4.69, 9.17) is 9.97 Å². The Bertz CT molecular complexity index is 864. The minimum atomic E-state index is 0.0985. The number of amides is 1. The topological polar surface area (TPSA) is 61.4 Å². The third kappa shape index (κ3) is 3.48. The van der Waals surface area contributed by atoms with E-state index in [1.807, 2.05) is 23.9 Å². The Balaban J connectivity index is 1.70. The first-order chi connectivity index (χ1) is 13.0. The average molecular weight is 365 g/mol. The zero-order valence-electron chi connectivity index (χ0n) is 16.3. The largest absolute Gasteiger partial charge is 0.363 e. The van der Waals surface area contributed by atoms with Gasteiger partial charge in [0.15, 0.2) is 0 Å². The number of nitrogens with zero attached hydrogens (tertiary/aromatic N) is 4. The van der Waals surface area contributed by atoms with Gasteiger partial charge in [-0.3, -0.25) is 4.79 Å². The first-order valence-electron chi connectivity index (χ1n) is 9.70. The summed E-state index contributed by atoms with van der Waals surface area (Å²) in [5.74, 6) is 1.71. The van der Waals surface area contributed by atoms with E-state index in [2.05, 4.69) is 29.6 Å². The molecule has 0 saturated carbocycles. The molecule has 0 spiro atoms. The molecule has 2 aromatic rings. The van der Waals surface area contributed by atoms with Crippen molar-refractivity contribution in [2.45, 2.75) is 45.2 Å². The zero-order chi connectivity index (χ0) is 19.0. The number of benzene rings is 1. The molecule has 0 radical (unpaired) electrons. The van der Waals surface area contributed by atoms with E-state index in [1.54, 1.807) is 6.92 Å². The quantitative estimate of drug-likeness (QED) is 0.906. The summed E-state index contributed by atoms with van der Waals surface area (Å²) in [6, 6.07) is 8.96. The van der Waals surface area contributed by atoms with Gasteiger partial charge in [0, 0.05) is 33.1 Å². The summed E-state index contributed by atoms with van der Waals surface area (Å²) in [5.41, 5.74) is 4.92. The molecular formula is C21H27N5O. The van der Waals surface area contributed by atoms with Crippen LogP contribution in [0.25, 0.3) is 0 Å². The maximum atomic E-state index is 11.8. The maximum absolute atomic E-state index is 11.8. The van der Waals surface area contributed by atoms with Crippen molar-refractivity contribution in [1.82, 2.24) is 14.9 Å². The Morgan fingerprint density at radius 3 is 2.81 bits per heavy atom. The molecule has 6 heteroatoms. The number of aromatic nitrogens is 2. The molecule has 4 rings (SSSR count). The van der Waals surface area contributed by atoms with Crippen molar-refractivity contribution >= 4 is 17.7 Å². The van der Waals surface area contributed by atoms with Crippen molar-refractivity contribution in [3.05, 3.63) is 46.6 Å². The first-order valence-corrected chi connectivity index (χ1v) is 9.70. The summed E-state index contributed by atoms with van der Waals surface area (Å²) < 4.78 is 0. The van der Waals surface area contributed by atoms with Crippen LogP contribution in [0.5, 0.6) is 0 Å². The van der Waals surface area contributed by atoms with Gasteiger partial charge in [0.05, 0.1) is 18.3 Å². The minimum Gasteiger partial charge on any atom is -0.363 e. The third-order valence-electron chi connectivity index (χ3n) is 5.58. The Hall–Kier alpha value is -2.63. The predicted molar refractivity (Wildman–Crippen MR) is 107 cm³/mol. The summed E-state index contributed by atoms with van der Waals surface area (Å²) in [6.45, 7) is 2.91. The van der Waals surface area contributed by atoms with Crippen LogP contribution in [-0.2, 0) is 24.2 Å². The summed E-state index contributed by atoms with van der Waals surface area (Å²) in [4.78, 5) is 25.1. The molecule has 1 aromatic heterocycles. The highest BCUT2D eigenvalue weighted by molar-refractivity contribution is 5.73. The van der Waals surface area contributed by atoms with Gasteiger partial charge in [-0.05, 0) is 36.8 Å². The van der Waals surface area contributed by atoms with Gasteiger partial charge in [-0.2, -0.15) is 4.98 Å². The zero-order valence-corrected chi connectivity index (χ0v) is 16.3. The van der Waals surface area contributed by atoms with E-state index in [1.165, 1.54) is 17.5 Å². The number of nitrogens with one attached hydrogen (secondary N) is 1. The highest BCUT2D eigenvalue weighted by atomic mass is 16.2. The average Bonchev–Trinajstić information content (AvgIpc) is 2.67. The fourth-order valence-electron chi connectivity index (χ4n) is 4.07. The van der Waals surface area contributed by atoms with E-state index in [0.717, 1.165) is 42.9 Å². The van der Waals surface area contributed by atoms with Crippen LogP contribution in [0.15, 0.2) is 24.3 Å².